The van der Waals surface area contributed by atoms with Crippen LogP contribution in [0.25, 0.3) is 0 Å². The van der Waals surface area contributed by atoms with Gasteiger partial charge in [0.2, 0.25) is 0 Å². The molecule has 3 nitrogen and oxygen atoms in total. The van der Waals surface area contributed by atoms with Gasteiger partial charge in [-0.25, -0.2) is 4.79 Å². The molecule has 80 valence electrons. The molecule has 0 unspecified atom stereocenters. The standard InChI is InChI=1S/C11H20N2O/c1-5-10(8-7-9(3)4)13-11(14)12-6-2/h5,7-9H,6H2,1-4H3,(H2,12,13,14)/b8-7-,10-5+. The molecule has 0 fully saturated rings. The summed E-state index contributed by atoms with van der Waals surface area (Å²) in [6.45, 7) is 8.60. The van der Waals surface area contributed by atoms with Gasteiger partial charge in [0.1, 0.15) is 0 Å². The van der Waals surface area contributed by atoms with E-state index in [2.05, 4.69) is 24.5 Å². The first-order chi connectivity index (χ1) is 6.60. The van der Waals surface area contributed by atoms with Gasteiger partial charge in [-0.2, -0.15) is 0 Å². The van der Waals surface area contributed by atoms with Crippen molar-refractivity contribution in [1.82, 2.24) is 10.6 Å². The highest BCUT2D eigenvalue weighted by molar-refractivity contribution is 5.76. The molecule has 0 aromatic rings. The minimum absolute atomic E-state index is 0.158. The van der Waals surface area contributed by atoms with Gasteiger partial charge in [-0.15, -0.1) is 0 Å². The van der Waals surface area contributed by atoms with Crippen molar-refractivity contribution in [2.75, 3.05) is 6.54 Å². The van der Waals surface area contributed by atoms with Crippen molar-refractivity contribution in [1.29, 1.82) is 0 Å². The van der Waals surface area contributed by atoms with Gasteiger partial charge in [-0.05, 0) is 25.8 Å². The summed E-state index contributed by atoms with van der Waals surface area (Å²) in [5.74, 6) is 0.487. The van der Waals surface area contributed by atoms with Crippen LogP contribution < -0.4 is 10.6 Å². The van der Waals surface area contributed by atoms with E-state index >= 15 is 0 Å². The summed E-state index contributed by atoms with van der Waals surface area (Å²) in [4.78, 5) is 11.2. The summed E-state index contributed by atoms with van der Waals surface area (Å²) in [5, 5.41) is 5.42. The normalized spacial score (nSPS) is 12.2. The number of amides is 2. The highest BCUT2D eigenvalue weighted by atomic mass is 16.2. The molecule has 0 aliphatic heterocycles. The van der Waals surface area contributed by atoms with E-state index < -0.39 is 0 Å². The summed E-state index contributed by atoms with van der Waals surface area (Å²) >= 11 is 0. The molecule has 0 atom stereocenters. The van der Waals surface area contributed by atoms with Crippen molar-refractivity contribution in [2.24, 2.45) is 5.92 Å². The molecule has 0 aliphatic rings. The molecule has 2 amide bonds. The summed E-state index contributed by atoms with van der Waals surface area (Å²) in [5.41, 5.74) is 0.824. The lowest BCUT2D eigenvalue weighted by atomic mass is 10.2. The third-order valence-electron chi connectivity index (χ3n) is 1.57. The Morgan fingerprint density at radius 3 is 2.50 bits per heavy atom. The number of hydrogen-bond acceptors (Lipinski definition) is 1. The first-order valence-corrected chi connectivity index (χ1v) is 4.99. The lowest BCUT2D eigenvalue weighted by Gasteiger charge is -2.06. The predicted octanol–water partition coefficient (Wildman–Crippen LogP) is 2.42. The molecule has 3 heteroatoms. The summed E-state index contributed by atoms with van der Waals surface area (Å²) in [7, 11) is 0. The van der Waals surface area contributed by atoms with Crippen LogP contribution in [0.2, 0.25) is 0 Å². The molecule has 0 aromatic heterocycles. The molecular formula is C11H20N2O. The van der Waals surface area contributed by atoms with E-state index in [1.54, 1.807) is 0 Å². The maximum Gasteiger partial charge on any atom is 0.319 e. The smallest absolute Gasteiger partial charge is 0.319 e. The Morgan fingerprint density at radius 1 is 1.43 bits per heavy atom. The van der Waals surface area contributed by atoms with Crippen LogP contribution in [0.4, 0.5) is 4.79 Å². The average molecular weight is 196 g/mol. The molecule has 0 saturated heterocycles. The fourth-order valence-corrected chi connectivity index (χ4v) is 0.842. The fraction of sp³-hybridized carbons (Fsp3) is 0.545. The minimum Gasteiger partial charge on any atom is -0.338 e. The number of carbonyl (C=O) groups is 1. The van der Waals surface area contributed by atoms with Crippen molar-refractivity contribution in [3.8, 4) is 0 Å². The first kappa shape index (κ1) is 12.8. The van der Waals surface area contributed by atoms with Crippen LogP contribution in [-0.4, -0.2) is 12.6 Å². The van der Waals surface area contributed by atoms with Crippen LogP contribution in [0.5, 0.6) is 0 Å². The second-order valence-corrected chi connectivity index (χ2v) is 3.33. The predicted molar refractivity (Wildman–Crippen MR) is 59.9 cm³/mol. The average Bonchev–Trinajstić information content (AvgIpc) is 2.12. The second kappa shape index (κ2) is 7.18. The molecule has 14 heavy (non-hydrogen) atoms. The van der Waals surface area contributed by atoms with Crippen LogP contribution in [0.15, 0.2) is 23.9 Å². The van der Waals surface area contributed by atoms with E-state index in [9.17, 15) is 4.79 Å². The maximum atomic E-state index is 11.2. The Bertz CT molecular complexity index is 229. The van der Waals surface area contributed by atoms with Crippen molar-refractivity contribution >= 4 is 6.03 Å². The zero-order valence-corrected chi connectivity index (χ0v) is 9.42. The van der Waals surface area contributed by atoms with E-state index in [1.165, 1.54) is 0 Å². The Labute approximate surface area is 86.3 Å². The quantitative estimate of drug-likeness (QED) is 0.666. The number of carbonyl (C=O) groups excluding carboxylic acids is 1. The maximum absolute atomic E-state index is 11.2. The molecule has 0 heterocycles. The van der Waals surface area contributed by atoms with E-state index in [-0.39, 0.29) is 6.03 Å². The number of hydrogen-bond donors (Lipinski definition) is 2. The van der Waals surface area contributed by atoms with Crippen LogP contribution in [0.3, 0.4) is 0 Å². The fourth-order valence-electron chi connectivity index (χ4n) is 0.842. The number of nitrogens with one attached hydrogen (secondary N) is 2. The molecule has 0 saturated carbocycles. The Hall–Kier alpha value is -1.25. The van der Waals surface area contributed by atoms with E-state index in [4.69, 9.17) is 0 Å². The third kappa shape index (κ3) is 6.29. The zero-order chi connectivity index (χ0) is 11.0. The Balaban J connectivity index is 4.11. The lowest BCUT2D eigenvalue weighted by molar-refractivity contribution is 0.244. The number of allylic oxidation sites excluding steroid dienone is 3. The largest absolute Gasteiger partial charge is 0.338 e. The highest BCUT2D eigenvalue weighted by Crippen LogP contribution is 1.98. The molecule has 2 N–H and O–H groups in total. The van der Waals surface area contributed by atoms with Crippen molar-refractivity contribution < 1.29 is 4.79 Å². The molecule has 0 bridgehead atoms. The summed E-state index contributed by atoms with van der Waals surface area (Å²) in [6, 6.07) is -0.158. The van der Waals surface area contributed by atoms with Crippen LogP contribution >= 0.6 is 0 Å². The van der Waals surface area contributed by atoms with Crippen molar-refractivity contribution in [3.63, 3.8) is 0 Å². The van der Waals surface area contributed by atoms with Gasteiger partial charge in [0, 0.05) is 12.2 Å². The van der Waals surface area contributed by atoms with Gasteiger partial charge in [0.05, 0.1) is 0 Å². The third-order valence-corrected chi connectivity index (χ3v) is 1.57. The Morgan fingerprint density at radius 2 is 2.07 bits per heavy atom. The monoisotopic (exact) mass is 196 g/mol. The van der Waals surface area contributed by atoms with Gasteiger partial charge < -0.3 is 10.6 Å². The van der Waals surface area contributed by atoms with Gasteiger partial charge in [0.15, 0.2) is 0 Å². The Kier molecular flexibility index (Phi) is 6.54. The van der Waals surface area contributed by atoms with Crippen molar-refractivity contribution in [3.05, 3.63) is 23.9 Å². The summed E-state index contributed by atoms with van der Waals surface area (Å²) < 4.78 is 0. The van der Waals surface area contributed by atoms with E-state index in [0.29, 0.717) is 12.5 Å². The summed E-state index contributed by atoms with van der Waals surface area (Å²) in [6.07, 6.45) is 5.83. The topological polar surface area (TPSA) is 41.1 Å². The van der Waals surface area contributed by atoms with Gasteiger partial charge in [0.25, 0.3) is 0 Å². The second-order valence-electron chi connectivity index (χ2n) is 3.33. The van der Waals surface area contributed by atoms with Crippen LogP contribution in [0, 0.1) is 5.92 Å². The number of urea groups is 1. The number of rotatable bonds is 4. The van der Waals surface area contributed by atoms with Crippen molar-refractivity contribution in [2.45, 2.75) is 27.7 Å². The molecule has 0 rings (SSSR count). The van der Waals surface area contributed by atoms with Gasteiger partial charge in [-0.3, -0.25) is 0 Å². The van der Waals surface area contributed by atoms with Crippen LogP contribution in [-0.2, 0) is 0 Å². The SMILES string of the molecule is C/C=C(\C=C/C(C)C)NC(=O)NCC. The molecule has 0 spiro atoms. The van der Waals surface area contributed by atoms with Gasteiger partial charge >= 0.3 is 6.03 Å². The minimum atomic E-state index is -0.158. The van der Waals surface area contributed by atoms with E-state index in [0.717, 1.165) is 5.70 Å². The molecule has 0 aliphatic carbocycles. The first-order valence-electron chi connectivity index (χ1n) is 4.99. The molecule has 0 aromatic carbocycles. The van der Waals surface area contributed by atoms with Gasteiger partial charge in [-0.1, -0.05) is 26.0 Å². The van der Waals surface area contributed by atoms with E-state index in [1.807, 2.05) is 32.1 Å². The lowest BCUT2D eigenvalue weighted by Crippen LogP contribution is -2.34. The highest BCUT2D eigenvalue weighted by Gasteiger charge is 1.98. The zero-order valence-electron chi connectivity index (χ0n) is 9.42. The van der Waals surface area contributed by atoms with Crippen LogP contribution in [0.1, 0.15) is 27.7 Å². The molecular weight excluding hydrogens is 176 g/mol. The molecule has 0 radical (unpaired) electrons.